The highest BCUT2D eigenvalue weighted by Gasteiger charge is 2.27. The zero-order valence-corrected chi connectivity index (χ0v) is 15.6. The van der Waals surface area contributed by atoms with Crippen molar-refractivity contribution in [3.8, 4) is 11.4 Å². The van der Waals surface area contributed by atoms with Crippen LogP contribution in [-0.2, 0) is 6.42 Å². The van der Waals surface area contributed by atoms with Crippen LogP contribution in [0.25, 0.3) is 16.6 Å². The van der Waals surface area contributed by atoms with E-state index in [0.29, 0.717) is 12.1 Å². The maximum absolute atomic E-state index is 14.7. The largest absolute Gasteiger partial charge is 0.494 e. The monoisotopic (exact) mass is 409 g/mol. The lowest BCUT2D eigenvalue weighted by molar-refractivity contribution is 0.0693. The summed E-state index contributed by atoms with van der Waals surface area (Å²) in [6, 6.07) is 2.05. The van der Waals surface area contributed by atoms with E-state index in [4.69, 9.17) is 4.74 Å². The molecule has 3 aromatic rings. The van der Waals surface area contributed by atoms with E-state index in [0.717, 1.165) is 17.7 Å². The van der Waals surface area contributed by atoms with Crippen molar-refractivity contribution >= 4 is 16.9 Å². The average Bonchev–Trinajstić information content (AvgIpc) is 2.66. The van der Waals surface area contributed by atoms with Crippen molar-refractivity contribution < 1.29 is 32.2 Å². The first-order valence-corrected chi connectivity index (χ1v) is 8.46. The van der Waals surface area contributed by atoms with E-state index in [1.54, 1.807) is 0 Å². The van der Waals surface area contributed by atoms with Gasteiger partial charge < -0.3 is 14.4 Å². The van der Waals surface area contributed by atoms with E-state index >= 15 is 0 Å². The molecule has 1 N–H and O–H groups in total. The molecule has 0 unspecified atom stereocenters. The Morgan fingerprint density at radius 3 is 2.31 bits per heavy atom. The SMILES string of the molecule is CCc1c(C(=O)O)c(=O)c2cc(F)c(F)c(C)c2n1-c1cc(OC)c(F)cc1F. The van der Waals surface area contributed by atoms with Gasteiger partial charge >= 0.3 is 5.97 Å². The Labute approximate surface area is 161 Å². The molecule has 0 aliphatic carbocycles. The predicted molar refractivity (Wildman–Crippen MR) is 97.0 cm³/mol. The van der Waals surface area contributed by atoms with Crippen molar-refractivity contribution in [1.29, 1.82) is 0 Å². The lowest BCUT2D eigenvalue weighted by Crippen LogP contribution is -2.25. The van der Waals surface area contributed by atoms with Gasteiger partial charge in [0.25, 0.3) is 0 Å². The first-order valence-electron chi connectivity index (χ1n) is 8.46. The molecule has 5 nitrogen and oxygen atoms in total. The van der Waals surface area contributed by atoms with E-state index in [-0.39, 0.29) is 34.6 Å². The number of aryl methyl sites for hydroxylation is 1. The molecule has 1 aromatic heterocycles. The van der Waals surface area contributed by atoms with E-state index in [1.807, 2.05) is 0 Å². The third-order valence-corrected chi connectivity index (χ3v) is 4.69. The minimum atomic E-state index is -1.61. The molecule has 0 saturated heterocycles. The number of hydrogen-bond donors (Lipinski definition) is 1. The third-order valence-electron chi connectivity index (χ3n) is 4.69. The molecule has 3 rings (SSSR count). The number of hydrogen-bond acceptors (Lipinski definition) is 3. The number of halogens is 4. The Morgan fingerprint density at radius 2 is 1.76 bits per heavy atom. The lowest BCUT2D eigenvalue weighted by Gasteiger charge is -2.21. The second kappa shape index (κ2) is 7.23. The highest BCUT2D eigenvalue weighted by molar-refractivity contribution is 5.96. The van der Waals surface area contributed by atoms with Crippen LogP contribution in [0.4, 0.5) is 17.6 Å². The number of benzene rings is 2. The second-order valence-electron chi connectivity index (χ2n) is 6.28. The summed E-state index contributed by atoms with van der Waals surface area (Å²) >= 11 is 0. The summed E-state index contributed by atoms with van der Waals surface area (Å²) in [5, 5.41) is 9.11. The van der Waals surface area contributed by atoms with Crippen LogP contribution in [-0.4, -0.2) is 22.8 Å². The smallest absolute Gasteiger partial charge is 0.341 e. The molecule has 2 aromatic carbocycles. The van der Waals surface area contributed by atoms with Crippen LogP contribution in [0.3, 0.4) is 0 Å². The van der Waals surface area contributed by atoms with E-state index in [9.17, 15) is 32.3 Å². The number of aromatic carboxylic acids is 1. The van der Waals surface area contributed by atoms with Crippen LogP contribution < -0.4 is 10.2 Å². The molecular formula is C20H15F4NO4. The zero-order chi connectivity index (χ0) is 21.6. The number of carboxylic acids is 1. The lowest BCUT2D eigenvalue weighted by atomic mass is 10.0. The van der Waals surface area contributed by atoms with Gasteiger partial charge in [-0.25, -0.2) is 22.4 Å². The summed E-state index contributed by atoms with van der Waals surface area (Å²) in [6.07, 6.45) is -0.0651. The molecule has 9 heteroatoms. The van der Waals surface area contributed by atoms with Gasteiger partial charge in [0, 0.05) is 23.4 Å². The number of pyridine rings is 1. The molecule has 0 atom stereocenters. The Bertz CT molecular complexity index is 1230. The van der Waals surface area contributed by atoms with Crippen LogP contribution in [0.15, 0.2) is 23.0 Å². The van der Waals surface area contributed by atoms with Crippen LogP contribution in [0.1, 0.15) is 28.5 Å². The standard InChI is InChI=1S/C20H15F4NO4/c1-4-13-16(20(27)28)19(26)9-5-12(23)17(24)8(2)18(9)25(13)14-7-15(29-3)11(22)6-10(14)21/h5-7H,4H2,1-3H3,(H,27,28). The predicted octanol–water partition coefficient (Wildman–Crippen LogP) is 4.12. The highest BCUT2D eigenvalue weighted by atomic mass is 19.2. The van der Waals surface area contributed by atoms with Gasteiger partial charge in [0.15, 0.2) is 23.2 Å². The zero-order valence-electron chi connectivity index (χ0n) is 15.6. The average molecular weight is 409 g/mol. The topological polar surface area (TPSA) is 68.5 Å². The highest BCUT2D eigenvalue weighted by Crippen LogP contribution is 2.31. The molecule has 0 aliphatic rings. The maximum Gasteiger partial charge on any atom is 0.341 e. The number of fused-ring (bicyclic) bond motifs is 1. The molecule has 0 bridgehead atoms. The number of aromatic nitrogens is 1. The number of carboxylic acid groups (broad SMARTS) is 1. The molecule has 1 heterocycles. The maximum atomic E-state index is 14.7. The first kappa shape index (κ1) is 20.4. The van der Waals surface area contributed by atoms with Crippen LogP contribution in [0.2, 0.25) is 0 Å². The van der Waals surface area contributed by atoms with Gasteiger partial charge in [-0.2, -0.15) is 0 Å². The van der Waals surface area contributed by atoms with Crippen molar-refractivity contribution in [3.63, 3.8) is 0 Å². The van der Waals surface area contributed by atoms with E-state index < -0.39 is 45.6 Å². The first-order chi connectivity index (χ1) is 13.6. The van der Waals surface area contributed by atoms with Gasteiger partial charge in [0.1, 0.15) is 11.4 Å². The van der Waals surface area contributed by atoms with Crippen LogP contribution in [0, 0.1) is 30.2 Å². The molecular weight excluding hydrogens is 394 g/mol. The van der Waals surface area contributed by atoms with Crippen molar-refractivity contribution in [2.24, 2.45) is 0 Å². The van der Waals surface area contributed by atoms with Gasteiger partial charge in [-0.1, -0.05) is 6.92 Å². The summed E-state index contributed by atoms with van der Waals surface area (Å²) in [5.74, 6) is -6.71. The second-order valence-corrected chi connectivity index (χ2v) is 6.28. The van der Waals surface area contributed by atoms with Crippen LogP contribution in [0.5, 0.6) is 5.75 Å². The third kappa shape index (κ3) is 3.02. The fraction of sp³-hybridized carbons (Fsp3) is 0.200. The molecule has 152 valence electrons. The Balaban J connectivity index is 2.69. The molecule has 0 aliphatic heterocycles. The minimum absolute atomic E-state index is 0.0651. The summed E-state index contributed by atoms with van der Waals surface area (Å²) in [7, 11) is 1.15. The number of rotatable bonds is 4. The molecule has 29 heavy (non-hydrogen) atoms. The summed E-state index contributed by atoms with van der Waals surface area (Å²) < 4.78 is 62.7. The van der Waals surface area contributed by atoms with Gasteiger partial charge in [0.2, 0.25) is 5.43 Å². The van der Waals surface area contributed by atoms with Crippen molar-refractivity contribution in [1.82, 2.24) is 4.57 Å². The van der Waals surface area contributed by atoms with E-state index in [2.05, 4.69) is 0 Å². The minimum Gasteiger partial charge on any atom is -0.494 e. The molecule has 0 fully saturated rings. The van der Waals surface area contributed by atoms with Gasteiger partial charge in [0.05, 0.1) is 23.7 Å². The Kier molecular flexibility index (Phi) is 5.08. The van der Waals surface area contributed by atoms with Gasteiger partial charge in [-0.3, -0.25) is 4.79 Å². The Hall–Kier alpha value is -3.36. The quantitative estimate of drug-likeness (QED) is 0.658. The number of carbonyl (C=O) groups is 1. The van der Waals surface area contributed by atoms with Crippen molar-refractivity contribution in [2.75, 3.05) is 7.11 Å². The molecule has 0 amide bonds. The molecule has 0 saturated carbocycles. The van der Waals surface area contributed by atoms with Crippen LogP contribution >= 0.6 is 0 Å². The summed E-state index contributed by atoms with van der Waals surface area (Å²) in [6.45, 7) is 2.69. The molecule has 0 radical (unpaired) electrons. The molecule has 0 spiro atoms. The van der Waals surface area contributed by atoms with Gasteiger partial charge in [-0.05, 0) is 19.4 Å². The van der Waals surface area contributed by atoms with Crippen molar-refractivity contribution in [3.05, 3.63) is 68.5 Å². The summed E-state index contributed by atoms with van der Waals surface area (Å²) in [4.78, 5) is 24.5. The van der Waals surface area contributed by atoms with E-state index in [1.165, 1.54) is 13.8 Å². The Morgan fingerprint density at radius 1 is 1.10 bits per heavy atom. The summed E-state index contributed by atoms with van der Waals surface area (Å²) in [5.41, 5.74) is -2.82. The van der Waals surface area contributed by atoms with Gasteiger partial charge in [-0.15, -0.1) is 0 Å². The number of ether oxygens (including phenoxy) is 1. The van der Waals surface area contributed by atoms with Crippen molar-refractivity contribution in [2.45, 2.75) is 20.3 Å². The fourth-order valence-corrected chi connectivity index (χ4v) is 3.38. The fourth-order valence-electron chi connectivity index (χ4n) is 3.38. The number of nitrogens with zero attached hydrogens (tertiary/aromatic N) is 1. The normalized spacial score (nSPS) is 11.1. The number of methoxy groups -OCH3 is 1.